The Kier molecular flexibility index (Phi) is 2.58. The number of halogens is 1. The van der Waals surface area contributed by atoms with Crippen LogP contribution < -0.4 is 5.32 Å². The second-order valence-corrected chi connectivity index (χ2v) is 5.10. The fraction of sp³-hybridized carbons (Fsp3) is 0.231. The van der Waals surface area contributed by atoms with E-state index in [1.807, 2.05) is 0 Å². The first-order chi connectivity index (χ1) is 7.84. The molecule has 2 aromatic rings. The third kappa shape index (κ3) is 1.70. The molecule has 3 heteroatoms. The van der Waals surface area contributed by atoms with Gasteiger partial charge < -0.3 is 10.3 Å². The van der Waals surface area contributed by atoms with Crippen LogP contribution in [0.2, 0.25) is 0 Å². The van der Waals surface area contributed by atoms with Crippen molar-refractivity contribution in [3.8, 4) is 0 Å². The molecule has 3 N–H and O–H groups in total. The highest BCUT2D eigenvalue weighted by Gasteiger charge is 2.12. The zero-order valence-electron chi connectivity index (χ0n) is 8.96. The number of aromatic nitrogens is 1. The van der Waals surface area contributed by atoms with E-state index in [1.165, 1.54) is 35.0 Å². The number of nitrogens with two attached hydrogens (primary N) is 1. The maximum atomic E-state index is 3.54. The van der Waals surface area contributed by atoms with Gasteiger partial charge in [-0.3, -0.25) is 0 Å². The first-order valence-corrected chi connectivity index (χ1v) is 6.41. The molecule has 0 bridgehead atoms. The number of rotatable bonds is 1. The summed E-state index contributed by atoms with van der Waals surface area (Å²) < 4.78 is 1.14. The largest absolute Gasteiger partial charge is 0.361 e. The third-order valence-electron chi connectivity index (χ3n) is 3.14. The second-order valence-electron chi connectivity index (χ2n) is 4.18. The lowest BCUT2D eigenvalue weighted by atomic mass is 10.00. The summed E-state index contributed by atoms with van der Waals surface area (Å²) >= 11 is 3.54. The quantitative estimate of drug-likeness (QED) is 0.802. The van der Waals surface area contributed by atoms with E-state index in [-0.39, 0.29) is 0 Å². The van der Waals surface area contributed by atoms with Crippen molar-refractivity contribution in [2.75, 3.05) is 13.1 Å². The summed E-state index contributed by atoms with van der Waals surface area (Å²) in [5, 5.41) is 3.66. The summed E-state index contributed by atoms with van der Waals surface area (Å²) in [5.41, 5.74) is 4.06. The van der Waals surface area contributed by atoms with Gasteiger partial charge in [0.1, 0.15) is 0 Å². The van der Waals surface area contributed by atoms with Gasteiger partial charge in [0, 0.05) is 33.6 Å². The van der Waals surface area contributed by atoms with E-state index in [0.29, 0.717) is 0 Å². The fourth-order valence-corrected chi connectivity index (χ4v) is 2.67. The summed E-state index contributed by atoms with van der Waals surface area (Å²) in [6, 6.07) is 6.39. The number of benzene rings is 1. The Labute approximate surface area is 103 Å². The van der Waals surface area contributed by atoms with E-state index < -0.39 is 0 Å². The van der Waals surface area contributed by atoms with Crippen molar-refractivity contribution in [1.29, 1.82) is 0 Å². The van der Waals surface area contributed by atoms with Crippen LogP contribution in [0.15, 0.2) is 34.9 Å². The Balaban J connectivity index is 2.16. The SMILES string of the molecule is Brc1ccc2[nH]cc(C3=CC[NH2+]CC3)c2c1. The van der Waals surface area contributed by atoms with Crippen LogP contribution in [0.4, 0.5) is 0 Å². The average molecular weight is 278 g/mol. The van der Waals surface area contributed by atoms with E-state index >= 15 is 0 Å². The monoisotopic (exact) mass is 277 g/mol. The molecule has 1 aromatic carbocycles. The fourth-order valence-electron chi connectivity index (χ4n) is 2.31. The van der Waals surface area contributed by atoms with Gasteiger partial charge in [-0.1, -0.05) is 15.9 Å². The van der Waals surface area contributed by atoms with Crippen molar-refractivity contribution in [2.24, 2.45) is 0 Å². The molecule has 3 rings (SSSR count). The Morgan fingerprint density at radius 1 is 1.31 bits per heavy atom. The van der Waals surface area contributed by atoms with Gasteiger partial charge in [0.05, 0.1) is 13.1 Å². The molecule has 0 fully saturated rings. The molecule has 1 aromatic heterocycles. The van der Waals surface area contributed by atoms with E-state index in [0.717, 1.165) is 11.0 Å². The van der Waals surface area contributed by atoms with E-state index in [4.69, 9.17) is 0 Å². The van der Waals surface area contributed by atoms with E-state index in [2.05, 4.69) is 56.7 Å². The molecule has 0 saturated heterocycles. The van der Waals surface area contributed by atoms with Crippen molar-refractivity contribution >= 4 is 32.4 Å². The van der Waals surface area contributed by atoms with Crippen molar-refractivity contribution in [3.63, 3.8) is 0 Å². The normalized spacial score (nSPS) is 16.4. The molecule has 2 heterocycles. The van der Waals surface area contributed by atoms with Crippen molar-refractivity contribution in [2.45, 2.75) is 6.42 Å². The van der Waals surface area contributed by atoms with Crippen LogP contribution in [0.25, 0.3) is 16.5 Å². The minimum Gasteiger partial charge on any atom is -0.361 e. The summed E-state index contributed by atoms with van der Waals surface area (Å²) in [5.74, 6) is 0. The lowest BCUT2D eigenvalue weighted by molar-refractivity contribution is -0.646. The van der Waals surface area contributed by atoms with Gasteiger partial charge in [-0.2, -0.15) is 0 Å². The molecule has 0 spiro atoms. The van der Waals surface area contributed by atoms with Crippen molar-refractivity contribution in [3.05, 3.63) is 40.5 Å². The van der Waals surface area contributed by atoms with E-state index in [1.54, 1.807) is 0 Å². The Morgan fingerprint density at radius 2 is 2.25 bits per heavy atom. The molecule has 16 heavy (non-hydrogen) atoms. The molecule has 1 aliphatic heterocycles. The molecular formula is C13H14BrN2+. The average Bonchev–Trinajstić information content (AvgIpc) is 2.73. The van der Waals surface area contributed by atoms with Gasteiger partial charge in [-0.05, 0) is 29.8 Å². The van der Waals surface area contributed by atoms with Gasteiger partial charge in [0.15, 0.2) is 0 Å². The molecule has 0 atom stereocenters. The van der Waals surface area contributed by atoms with Gasteiger partial charge in [0.25, 0.3) is 0 Å². The van der Waals surface area contributed by atoms with E-state index in [9.17, 15) is 0 Å². The standard InChI is InChI=1S/C13H13BrN2/c14-10-1-2-13-11(7-10)12(8-16-13)9-3-5-15-6-4-9/h1-3,7-8,15-16H,4-6H2/p+1. The van der Waals surface area contributed by atoms with Crippen LogP contribution in [-0.2, 0) is 0 Å². The maximum absolute atomic E-state index is 3.54. The van der Waals surface area contributed by atoms with Gasteiger partial charge >= 0.3 is 0 Å². The smallest absolute Gasteiger partial charge is 0.0948 e. The number of fused-ring (bicyclic) bond motifs is 1. The van der Waals surface area contributed by atoms with Crippen LogP contribution in [0.1, 0.15) is 12.0 Å². The molecular weight excluding hydrogens is 264 g/mol. The Hall–Kier alpha value is -1.06. The van der Waals surface area contributed by atoms with Crippen LogP contribution in [0.5, 0.6) is 0 Å². The summed E-state index contributed by atoms with van der Waals surface area (Å²) in [4.78, 5) is 3.34. The van der Waals surface area contributed by atoms with Crippen molar-refractivity contribution < 1.29 is 5.32 Å². The topological polar surface area (TPSA) is 32.4 Å². The number of quaternary nitrogens is 1. The van der Waals surface area contributed by atoms with Gasteiger partial charge in [-0.25, -0.2) is 0 Å². The van der Waals surface area contributed by atoms with Crippen LogP contribution in [0, 0.1) is 0 Å². The highest BCUT2D eigenvalue weighted by Crippen LogP contribution is 2.29. The molecule has 0 saturated carbocycles. The molecule has 0 radical (unpaired) electrons. The number of H-pyrrole nitrogens is 1. The highest BCUT2D eigenvalue weighted by molar-refractivity contribution is 9.10. The molecule has 0 amide bonds. The molecule has 2 nitrogen and oxygen atoms in total. The molecule has 82 valence electrons. The molecule has 1 aliphatic rings. The van der Waals surface area contributed by atoms with Crippen LogP contribution in [-0.4, -0.2) is 18.1 Å². The predicted octanol–water partition coefficient (Wildman–Crippen LogP) is 2.28. The van der Waals surface area contributed by atoms with Gasteiger partial charge in [0.2, 0.25) is 0 Å². The number of hydrogen-bond acceptors (Lipinski definition) is 0. The Morgan fingerprint density at radius 3 is 3.06 bits per heavy atom. The summed E-state index contributed by atoms with van der Waals surface area (Å²) in [7, 11) is 0. The first-order valence-electron chi connectivity index (χ1n) is 5.62. The summed E-state index contributed by atoms with van der Waals surface area (Å²) in [6.07, 6.45) is 5.64. The van der Waals surface area contributed by atoms with Crippen molar-refractivity contribution in [1.82, 2.24) is 4.98 Å². The van der Waals surface area contributed by atoms with Crippen LogP contribution in [0.3, 0.4) is 0 Å². The highest BCUT2D eigenvalue weighted by atomic mass is 79.9. The second kappa shape index (κ2) is 4.07. The Bertz CT molecular complexity index is 554. The summed E-state index contributed by atoms with van der Waals surface area (Å²) in [6.45, 7) is 2.31. The van der Waals surface area contributed by atoms with Crippen LogP contribution >= 0.6 is 15.9 Å². The number of aromatic amines is 1. The number of hydrogen-bond donors (Lipinski definition) is 2. The predicted molar refractivity (Wildman–Crippen MR) is 70.3 cm³/mol. The molecule has 0 unspecified atom stereocenters. The first kappa shape index (κ1) is 10.1. The maximum Gasteiger partial charge on any atom is 0.0948 e. The zero-order valence-corrected chi connectivity index (χ0v) is 10.5. The minimum atomic E-state index is 1.11. The van der Waals surface area contributed by atoms with Gasteiger partial charge in [-0.15, -0.1) is 0 Å². The zero-order chi connectivity index (χ0) is 11.0. The third-order valence-corrected chi connectivity index (χ3v) is 3.63. The molecule has 0 aliphatic carbocycles. The lowest BCUT2D eigenvalue weighted by Gasteiger charge is -2.10. The number of nitrogens with one attached hydrogen (secondary N) is 1. The lowest BCUT2D eigenvalue weighted by Crippen LogP contribution is -2.84. The minimum absolute atomic E-state index is 1.11.